The van der Waals surface area contributed by atoms with Gasteiger partial charge in [-0.2, -0.15) is 0 Å². The van der Waals surface area contributed by atoms with E-state index >= 15 is 0 Å². The summed E-state index contributed by atoms with van der Waals surface area (Å²) in [6.45, 7) is 3.81. The van der Waals surface area contributed by atoms with Crippen molar-refractivity contribution in [2.75, 3.05) is 0 Å². The summed E-state index contributed by atoms with van der Waals surface area (Å²) >= 11 is 3.17. The van der Waals surface area contributed by atoms with Gasteiger partial charge in [0.1, 0.15) is 5.82 Å². The number of aryl methyl sites for hydroxylation is 1. The minimum absolute atomic E-state index is 0.122. The molecule has 1 aromatic heterocycles. The predicted molar refractivity (Wildman–Crippen MR) is 71.0 cm³/mol. The van der Waals surface area contributed by atoms with Crippen molar-refractivity contribution in [3.8, 4) is 5.69 Å². The highest BCUT2D eigenvalue weighted by atomic mass is 79.9. The molecule has 18 heavy (non-hydrogen) atoms. The largest absolute Gasteiger partial charge is 0.323 e. The van der Waals surface area contributed by atoms with Crippen molar-refractivity contribution in [2.45, 2.75) is 26.3 Å². The number of nitrogens with two attached hydrogens (primary N) is 1. The number of rotatable bonds is 3. The molecule has 1 heterocycles. The van der Waals surface area contributed by atoms with Gasteiger partial charge in [0.15, 0.2) is 0 Å². The third-order valence-corrected chi connectivity index (χ3v) is 3.42. The Morgan fingerprint density at radius 3 is 2.89 bits per heavy atom. The summed E-state index contributed by atoms with van der Waals surface area (Å²) in [5.41, 5.74) is 8.20. The minimum Gasteiger partial charge on any atom is -0.323 e. The van der Waals surface area contributed by atoms with Crippen molar-refractivity contribution in [3.05, 3.63) is 39.9 Å². The van der Waals surface area contributed by atoms with E-state index in [0.29, 0.717) is 4.47 Å². The molecule has 0 aliphatic heterocycles. The lowest BCUT2D eigenvalue weighted by atomic mass is 10.2. The predicted octanol–water partition coefficient (Wildman–Crippen LogP) is 2.89. The normalized spacial score (nSPS) is 12.7. The molecule has 0 fully saturated rings. The molecule has 0 amide bonds. The van der Waals surface area contributed by atoms with Crippen LogP contribution in [0.25, 0.3) is 5.69 Å². The van der Waals surface area contributed by atoms with E-state index in [0.717, 1.165) is 23.4 Å². The molecule has 2 rings (SSSR count). The maximum atomic E-state index is 13.4. The molecule has 0 bridgehead atoms. The van der Waals surface area contributed by atoms with E-state index in [2.05, 4.69) is 26.2 Å². The van der Waals surface area contributed by atoms with Gasteiger partial charge in [-0.1, -0.05) is 12.1 Å². The van der Waals surface area contributed by atoms with Gasteiger partial charge in [-0.3, -0.25) is 0 Å². The van der Waals surface area contributed by atoms with E-state index in [1.165, 1.54) is 6.07 Å². The van der Waals surface area contributed by atoms with E-state index < -0.39 is 0 Å². The van der Waals surface area contributed by atoms with E-state index in [4.69, 9.17) is 5.73 Å². The van der Waals surface area contributed by atoms with E-state index in [9.17, 15) is 4.39 Å². The molecule has 6 heteroatoms. The number of halogens is 2. The Labute approximate surface area is 113 Å². The van der Waals surface area contributed by atoms with Crippen molar-refractivity contribution in [3.63, 3.8) is 0 Å². The molecule has 4 nitrogen and oxygen atoms in total. The maximum absolute atomic E-state index is 13.4. The van der Waals surface area contributed by atoms with Crippen LogP contribution in [-0.4, -0.2) is 15.0 Å². The van der Waals surface area contributed by atoms with Crippen LogP contribution in [0.4, 0.5) is 4.39 Å². The van der Waals surface area contributed by atoms with Crippen LogP contribution >= 0.6 is 15.9 Å². The van der Waals surface area contributed by atoms with Crippen LogP contribution in [0.15, 0.2) is 22.8 Å². The SMILES string of the molecule is CCC(N)c1cn(-c2cc(Br)c(F)cc2C)nn1. The van der Waals surface area contributed by atoms with Gasteiger partial charge in [0.2, 0.25) is 0 Å². The highest BCUT2D eigenvalue weighted by molar-refractivity contribution is 9.10. The van der Waals surface area contributed by atoms with Crippen LogP contribution in [-0.2, 0) is 0 Å². The summed E-state index contributed by atoms with van der Waals surface area (Å²) in [6, 6.07) is 3.02. The molecule has 2 aromatic rings. The highest BCUT2D eigenvalue weighted by Gasteiger charge is 2.12. The Bertz CT molecular complexity index is 567. The molecule has 0 saturated heterocycles. The summed E-state index contributed by atoms with van der Waals surface area (Å²) in [5.74, 6) is -0.290. The van der Waals surface area contributed by atoms with E-state index in [-0.39, 0.29) is 11.9 Å². The smallest absolute Gasteiger partial charge is 0.137 e. The molecule has 0 saturated carbocycles. The van der Waals surface area contributed by atoms with Crippen LogP contribution in [0.3, 0.4) is 0 Å². The average Bonchev–Trinajstić information content (AvgIpc) is 2.82. The number of hydrogen-bond donors (Lipinski definition) is 1. The monoisotopic (exact) mass is 312 g/mol. The summed E-state index contributed by atoms with van der Waals surface area (Å²) in [6.07, 6.45) is 2.58. The van der Waals surface area contributed by atoms with E-state index in [1.54, 1.807) is 16.9 Å². The second-order valence-corrected chi connectivity index (χ2v) is 5.01. The Morgan fingerprint density at radius 1 is 1.50 bits per heavy atom. The van der Waals surface area contributed by atoms with Crippen molar-refractivity contribution in [2.24, 2.45) is 5.73 Å². The first kappa shape index (κ1) is 13.2. The van der Waals surface area contributed by atoms with Crippen molar-refractivity contribution in [1.29, 1.82) is 0 Å². The molecule has 0 radical (unpaired) electrons. The zero-order chi connectivity index (χ0) is 13.3. The van der Waals surface area contributed by atoms with Crippen LogP contribution in [0.2, 0.25) is 0 Å². The van der Waals surface area contributed by atoms with Gasteiger partial charge < -0.3 is 5.73 Å². The fraction of sp³-hybridized carbons (Fsp3) is 0.333. The summed E-state index contributed by atoms with van der Waals surface area (Å²) in [7, 11) is 0. The van der Waals surface area contributed by atoms with Gasteiger partial charge >= 0.3 is 0 Å². The lowest BCUT2D eigenvalue weighted by Crippen LogP contribution is -2.08. The van der Waals surface area contributed by atoms with Gasteiger partial charge in [0, 0.05) is 0 Å². The molecular weight excluding hydrogens is 299 g/mol. The first-order chi connectivity index (χ1) is 8.52. The molecule has 1 unspecified atom stereocenters. The number of nitrogens with zero attached hydrogens (tertiary/aromatic N) is 3. The third kappa shape index (κ3) is 2.44. The van der Waals surface area contributed by atoms with Gasteiger partial charge in [0.25, 0.3) is 0 Å². The molecule has 1 aromatic carbocycles. The Hall–Kier alpha value is -1.27. The highest BCUT2D eigenvalue weighted by Crippen LogP contribution is 2.23. The molecular formula is C12H14BrFN4. The van der Waals surface area contributed by atoms with Gasteiger partial charge in [0.05, 0.1) is 28.1 Å². The summed E-state index contributed by atoms with van der Waals surface area (Å²) < 4.78 is 15.4. The third-order valence-electron chi connectivity index (χ3n) is 2.82. The average molecular weight is 313 g/mol. The fourth-order valence-corrected chi connectivity index (χ4v) is 1.99. The second kappa shape index (κ2) is 5.16. The number of hydrogen-bond acceptors (Lipinski definition) is 3. The topological polar surface area (TPSA) is 56.7 Å². The van der Waals surface area contributed by atoms with Gasteiger partial charge in [-0.25, -0.2) is 9.07 Å². The van der Waals surface area contributed by atoms with E-state index in [1.807, 2.05) is 13.8 Å². The number of benzene rings is 1. The van der Waals surface area contributed by atoms with Crippen molar-refractivity contribution < 1.29 is 4.39 Å². The van der Waals surface area contributed by atoms with Gasteiger partial charge in [-0.15, -0.1) is 5.10 Å². The summed E-state index contributed by atoms with van der Waals surface area (Å²) in [4.78, 5) is 0. The lowest BCUT2D eigenvalue weighted by Gasteiger charge is -2.06. The maximum Gasteiger partial charge on any atom is 0.137 e. The standard InChI is InChI=1S/C12H14BrFN4/c1-3-10(15)11-6-18(17-16-11)12-5-8(13)9(14)4-7(12)2/h4-6,10H,3,15H2,1-2H3. The summed E-state index contributed by atoms with van der Waals surface area (Å²) in [5, 5.41) is 8.07. The van der Waals surface area contributed by atoms with Crippen LogP contribution in [0.1, 0.15) is 30.6 Å². The molecule has 0 spiro atoms. The second-order valence-electron chi connectivity index (χ2n) is 4.16. The molecule has 2 N–H and O–H groups in total. The first-order valence-corrected chi connectivity index (χ1v) is 6.46. The van der Waals surface area contributed by atoms with Gasteiger partial charge in [-0.05, 0) is 47.0 Å². The Kier molecular flexibility index (Phi) is 3.77. The van der Waals surface area contributed by atoms with Crippen molar-refractivity contribution in [1.82, 2.24) is 15.0 Å². The fourth-order valence-electron chi connectivity index (χ4n) is 1.66. The van der Waals surface area contributed by atoms with Crippen LogP contribution in [0.5, 0.6) is 0 Å². The van der Waals surface area contributed by atoms with Crippen LogP contribution in [0, 0.1) is 12.7 Å². The quantitative estimate of drug-likeness (QED) is 0.948. The molecule has 0 aliphatic rings. The number of aromatic nitrogens is 3. The molecule has 96 valence electrons. The Morgan fingerprint density at radius 2 is 2.22 bits per heavy atom. The Balaban J connectivity index is 2.43. The zero-order valence-electron chi connectivity index (χ0n) is 10.2. The first-order valence-electron chi connectivity index (χ1n) is 5.66. The minimum atomic E-state index is -0.290. The lowest BCUT2D eigenvalue weighted by molar-refractivity contribution is 0.618. The van der Waals surface area contributed by atoms with Crippen LogP contribution < -0.4 is 5.73 Å². The zero-order valence-corrected chi connectivity index (χ0v) is 11.8. The molecule has 0 aliphatic carbocycles. The molecule has 1 atom stereocenters. The van der Waals surface area contributed by atoms with Crippen molar-refractivity contribution >= 4 is 15.9 Å².